The number of carbonyl (C=O) groups is 1. The number of nitrogens with two attached hydrogens (primary N) is 2. The highest BCUT2D eigenvalue weighted by Crippen LogP contribution is 2.18. The topological polar surface area (TPSA) is 115 Å². The van der Waals surface area contributed by atoms with E-state index in [1.807, 2.05) is 36.4 Å². The molecular formula is C21H25N5O2. The first-order valence-corrected chi connectivity index (χ1v) is 8.62. The molecule has 2 rings (SSSR count). The number of hydrogen-bond donors (Lipinski definition) is 4. The number of aromatic nitrogens is 1. The van der Waals surface area contributed by atoms with Crippen molar-refractivity contribution in [3.05, 3.63) is 83.9 Å². The van der Waals surface area contributed by atoms with Gasteiger partial charge in [-0.15, -0.1) is 0 Å². The SMILES string of the molecule is C=C(C(=O)Nc1cccc(CNc2cccnc2N)c1)/C(C)=C\C(=C/N)OC. The van der Waals surface area contributed by atoms with E-state index in [0.717, 1.165) is 11.3 Å². The molecule has 146 valence electrons. The van der Waals surface area contributed by atoms with Crippen LogP contribution in [-0.2, 0) is 16.1 Å². The molecule has 0 fully saturated rings. The molecule has 0 unspecified atom stereocenters. The summed E-state index contributed by atoms with van der Waals surface area (Å²) in [5, 5.41) is 6.07. The monoisotopic (exact) mass is 379 g/mol. The molecule has 1 aromatic heterocycles. The molecule has 0 radical (unpaired) electrons. The molecule has 0 aliphatic rings. The largest absolute Gasteiger partial charge is 0.495 e. The molecule has 0 aliphatic heterocycles. The van der Waals surface area contributed by atoms with Gasteiger partial charge in [0.1, 0.15) is 11.6 Å². The molecular weight excluding hydrogens is 354 g/mol. The fraction of sp³-hybridized carbons (Fsp3) is 0.143. The Morgan fingerprint density at radius 2 is 2.11 bits per heavy atom. The number of methoxy groups -OCH3 is 1. The Kier molecular flexibility index (Phi) is 7.21. The average Bonchev–Trinajstić information content (AvgIpc) is 2.70. The van der Waals surface area contributed by atoms with Crippen molar-refractivity contribution in [1.29, 1.82) is 0 Å². The first-order valence-electron chi connectivity index (χ1n) is 8.62. The van der Waals surface area contributed by atoms with Crippen LogP contribution >= 0.6 is 0 Å². The lowest BCUT2D eigenvalue weighted by atomic mass is 10.1. The standard InChI is InChI=1S/C21H25N5O2/c1-14(10-18(12-22)28-3)15(2)21(27)26-17-7-4-6-16(11-17)13-25-19-8-5-9-24-20(19)23/h4-12,25H,2,13,22H2,1,3H3,(H2,23,24)(H,26,27)/b14-10-,18-12+. The van der Waals surface area contributed by atoms with E-state index in [2.05, 4.69) is 22.2 Å². The molecule has 0 saturated carbocycles. The van der Waals surface area contributed by atoms with Gasteiger partial charge in [-0.1, -0.05) is 18.7 Å². The van der Waals surface area contributed by atoms with Gasteiger partial charge in [0.05, 0.1) is 12.8 Å². The quantitative estimate of drug-likeness (QED) is 0.318. The highest BCUT2D eigenvalue weighted by molar-refractivity contribution is 6.06. The maximum Gasteiger partial charge on any atom is 0.255 e. The zero-order valence-electron chi connectivity index (χ0n) is 16.0. The lowest BCUT2D eigenvalue weighted by Crippen LogP contribution is -2.15. The number of rotatable bonds is 8. The Hall–Kier alpha value is -3.74. The molecule has 1 amide bonds. The molecule has 0 aliphatic carbocycles. The zero-order valence-corrected chi connectivity index (χ0v) is 16.0. The van der Waals surface area contributed by atoms with Crippen molar-refractivity contribution in [2.24, 2.45) is 5.73 Å². The summed E-state index contributed by atoms with van der Waals surface area (Å²) < 4.78 is 5.07. The maximum atomic E-state index is 12.5. The number of nitrogens with one attached hydrogen (secondary N) is 2. The second-order valence-electron chi connectivity index (χ2n) is 6.02. The predicted molar refractivity (Wildman–Crippen MR) is 113 cm³/mol. The van der Waals surface area contributed by atoms with E-state index in [4.69, 9.17) is 16.2 Å². The molecule has 28 heavy (non-hydrogen) atoms. The van der Waals surface area contributed by atoms with Crippen LogP contribution in [0.5, 0.6) is 0 Å². The molecule has 7 heteroatoms. The van der Waals surface area contributed by atoms with Gasteiger partial charge in [0.25, 0.3) is 5.91 Å². The number of amides is 1. The summed E-state index contributed by atoms with van der Waals surface area (Å²) in [5.41, 5.74) is 14.7. The summed E-state index contributed by atoms with van der Waals surface area (Å²) in [6.07, 6.45) is 4.61. The van der Waals surface area contributed by atoms with Crippen LogP contribution in [0.4, 0.5) is 17.2 Å². The molecule has 0 spiro atoms. The second kappa shape index (κ2) is 9.82. The van der Waals surface area contributed by atoms with Crippen LogP contribution in [0.15, 0.2) is 78.4 Å². The van der Waals surface area contributed by atoms with E-state index in [1.54, 1.807) is 19.2 Å². The normalized spacial score (nSPS) is 11.6. The van der Waals surface area contributed by atoms with Crippen molar-refractivity contribution < 1.29 is 9.53 Å². The van der Waals surface area contributed by atoms with Gasteiger partial charge >= 0.3 is 0 Å². The lowest BCUT2D eigenvalue weighted by molar-refractivity contribution is -0.112. The Labute approximate surface area is 164 Å². The number of allylic oxidation sites excluding steroid dienone is 1. The Morgan fingerprint density at radius 3 is 2.79 bits per heavy atom. The highest BCUT2D eigenvalue weighted by atomic mass is 16.5. The molecule has 2 aromatic rings. The van der Waals surface area contributed by atoms with Crippen LogP contribution < -0.4 is 22.1 Å². The number of carbonyl (C=O) groups excluding carboxylic acids is 1. The van der Waals surface area contributed by atoms with Crippen LogP contribution in [0, 0.1) is 0 Å². The van der Waals surface area contributed by atoms with Gasteiger partial charge in [0, 0.05) is 30.2 Å². The number of ether oxygens (including phenoxy) is 1. The van der Waals surface area contributed by atoms with Crippen LogP contribution in [0.2, 0.25) is 0 Å². The minimum Gasteiger partial charge on any atom is -0.495 e. The van der Waals surface area contributed by atoms with Crippen LogP contribution in [0.3, 0.4) is 0 Å². The van der Waals surface area contributed by atoms with E-state index in [1.165, 1.54) is 13.3 Å². The van der Waals surface area contributed by atoms with Gasteiger partial charge in [0.2, 0.25) is 0 Å². The Morgan fingerprint density at radius 1 is 1.32 bits per heavy atom. The van der Waals surface area contributed by atoms with E-state index in [9.17, 15) is 4.79 Å². The van der Waals surface area contributed by atoms with Crippen molar-refractivity contribution in [3.63, 3.8) is 0 Å². The fourth-order valence-electron chi connectivity index (χ4n) is 2.38. The number of pyridine rings is 1. The van der Waals surface area contributed by atoms with Crippen LogP contribution in [0.25, 0.3) is 0 Å². The van der Waals surface area contributed by atoms with E-state index in [-0.39, 0.29) is 5.91 Å². The number of nitrogen functional groups attached to an aromatic ring is 1. The van der Waals surface area contributed by atoms with Gasteiger partial charge in [-0.3, -0.25) is 4.79 Å². The molecule has 6 N–H and O–H groups in total. The van der Waals surface area contributed by atoms with Gasteiger partial charge in [-0.05, 0) is 48.4 Å². The maximum absolute atomic E-state index is 12.5. The first-order chi connectivity index (χ1) is 13.4. The summed E-state index contributed by atoms with van der Waals surface area (Å²) in [4.78, 5) is 16.5. The third-order valence-corrected chi connectivity index (χ3v) is 4.02. The number of nitrogens with zero attached hydrogens (tertiary/aromatic N) is 1. The average molecular weight is 379 g/mol. The van der Waals surface area contributed by atoms with Crippen molar-refractivity contribution in [3.8, 4) is 0 Å². The van der Waals surface area contributed by atoms with E-state index < -0.39 is 0 Å². The van der Waals surface area contributed by atoms with Crippen molar-refractivity contribution >= 4 is 23.1 Å². The second-order valence-corrected chi connectivity index (χ2v) is 6.02. The van der Waals surface area contributed by atoms with Gasteiger partial charge in [-0.25, -0.2) is 4.98 Å². The predicted octanol–water partition coefficient (Wildman–Crippen LogP) is 3.16. The summed E-state index contributed by atoms with van der Waals surface area (Å²) in [6.45, 7) is 6.15. The van der Waals surface area contributed by atoms with E-state index >= 15 is 0 Å². The molecule has 0 atom stereocenters. The fourth-order valence-corrected chi connectivity index (χ4v) is 2.38. The minimum absolute atomic E-state index is 0.303. The summed E-state index contributed by atoms with van der Waals surface area (Å²) in [6, 6.07) is 11.2. The first kappa shape index (κ1) is 20.6. The van der Waals surface area contributed by atoms with Crippen molar-refractivity contribution in [2.75, 3.05) is 23.5 Å². The highest BCUT2D eigenvalue weighted by Gasteiger charge is 2.10. The van der Waals surface area contributed by atoms with Gasteiger partial charge < -0.3 is 26.8 Å². The van der Waals surface area contributed by atoms with E-state index in [0.29, 0.717) is 35.0 Å². The zero-order chi connectivity index (χ0) is 20.5. The lowest BCUT2D eigenvalue weighted by Gasteiger charge is -2.11. The smallest absolute Gasteiger partial charge is 0.255 e. The molecule has 0 bridgehead atoms. The van der Waals surface area contributed by atoms with Crippen LogP contribution in [-0.4, -0.2) is 18.0 Å². The third-order valence-electron chi connectivity index (χ3n) is 4.02. The molecule has 1 aromatic carbocycles. The van der Waals surface area contributed by atoms with Crippen molar-refractivity contribution in [1.82, 2.24) is 4.98 Å². The van der Waals surface area contributed by atoms with Gasteiger partial charge in [-0.2, -0.15) is 0 Å². The van der Waals surface area contributed by atoms with Crippen molar-refractivity contribution in [2.45, 2.75) is 13.5 Å². The Bertz CT molecular complexity index is 919. The minimum atomic E-state index is -0.303. The third kappa shape index (κ3) is 5.63. The number of anilines is 3. The molecule has 7 nitrogen and oxygen atoms in total. The summed E-state index contributed by atoms with van der Waals surface area (Å²) in [7, 11) is 1.50. The van der Waals surface area contributed by atoms with Gasteiger partial charge in [0.15, 0.2) is 0 Å². The number of hydrogen-bond acceptors (Lipinski definition) is 6. The molecule has 0 saturated heterocycles. The number of benzene rings is 1. The van der Waals surface area contributed by atoms with Crippen LogP contribution in [0.1, 0.15) is 12.5 Å². The Balaban J connectivity index is 2.02. The summed E-state index contributed by atoms with van der Waals surface area (Å²) >= 11 is 0. The summed E-state index contributed by atoms with van der Waals surface area (Å²) in [5.74, 6) is 0.588. The molecule has 1 heterocycles.